The van der Waals surface area contributed by atoms with Gasteiger partial charge in [-0.05, 0) is 24.1 Å². The average molecular weight is 284 g/mol. The van der Waals surface area contributed by atoms with Crippen LogP contribution in [0, 0.1) is 0 Å². The first-order chi connectivity index (χ1) is 9.17. The Balaban J connectivity index is 2.45. The van der Waals surface area contributed by atoms with E-state index in [4.69, 9.17) is 16.3 Å². The highest BCUT2D eigenvalue weighted by molar-refractivity contribution is 6.30. The Bertz CT molecular complexity index is 392. The van der Waals surface area contributed by atoms with Gasteiger partial charge in [0.05, 0.1) is 0 Å². The number of hydrogen-bond acceptors (Lipinski definition) is 2. The standard InChI is InChI=1S/C14H22ClN3O/c1-16-14(17-9-4-10-19-3)18(2)11-12-5-7-13(15)8-6-12/h5-8H,4,9-11H2,1-3H3,(H,16,17). The van der Waals surface area contributed by atoms with E-state index in [1.54, 1.807) is 14.2 Å². The molecule has 4 nitrogen and oxygen atoms in total. The second-order valence-corrected chi connectivity index (χ2v) is 4.74. The summed E-state index contributed by atoms with van der Waals surface area (Å²) >= 11 is 5.87. The van der Waals surface area contributed by atoms with Crippen LogP contribution >= 0.6 is 11.6 Å². The number of methoxy groups -OCH3 is 1. The van der Waals surface area contributed by atoms with Crippen LogP contribution in [0.5, 0.6) is 0 Å². The number of ether oxygens (including phenoxy) is 1. The Morgan fingerprint density at radius 1 is 1.37 bits per heavy atom. The zero-order valence-electron chi connectivity index (χ0n) is 11.8. The maximum Gasteiger partial charge on any atom is 0.193 e. The molecule has 0 aliphatic heterocycles. The molecule has 0 aliphatic carbocycles. The van der Waals surface area contributed by atoms with Crippen molar-refractivity contribution in [3.63, 3.8) is 0 Å². The summed E-state index contributed by atoms with van der Waals surface area (Å²) in [6.07, 6.45) is 0.963. The van der Waals surface area contributed by atoms with Crippen molar-refractivity contribution < 1.29 is 4.74 Å². The predicted octanol–water partition coefficient (Wildman–Crippen LogP) is 2.38. The summed E-state index contributed by atoms with van der Waals surface area (Å²) in [5.41, 5.74) is 1.20. The molecule has 0 saturated heterocycles. The number of benzene rings is 1. The van der Waals surface area contributed by atoms with Crippen molar-refractivity contribution in [2.45, 2.75) is 13.0 Å². The van der Waals surface area contributed by atoms with Crippen molar-refractivity contribution in [1.29, 1.82) is 0 Å². The molecule has 106 valence electrons. The number of nitrogens with zero attached hydrogens (tertiary/aromatic N) is 2. The molecule has 0 heterocycles. The molecule has 0 fully saturated rings. The molecule has 0 bridgehead atoms. The normalized spacial score (nSPS) is 11.5. The van der Waals surface area contributed by atoms with E-state index in [0.717, 1.165) is 37.1 Å². The SMILES string of the molecule is CN=C(NCCCOC)N(C)Cc1ccc(Cl)cc1. The lowest BCUT2D eigenvalue weighted by Gasteiger charge is -2.22. The zero-order valence-corrected chi connectivity index (χ0v) is 12.6. The van der Waals surface area contributed by atoms with Crippen molar-refractivity contribution in [3.8, 4) is 0 Å². The van der Waals surface area contributed by atoms with Gasteiger partial charge in [0, 0.05) is 45.9 Å². The minimum absolute atomic E-state index is 0.755. The van der Waals surface area contributed by atoms with Crippen molar-refractivity contribution in [2.24, 2.45) is 4.99 Å². The molecule has 19 heavy (non-hydrogen) atoms. The molecule has 0 saturated carbocycles. The van der Waals surface area contributed by atoms with Crippen LogP contribution in [0.15, 0.2) is 29.3 Å². The Hall–Kier alpha value is -1.26. The Morgan fingerprint density at radius 2 is 2.05 bits per heavy atom. The smallest absolute Gasteiger partial charge is 0.193 e. The highest BCUT2D eigenvalue weighted by atomic mass is 35.5. The molecule has 0 amide bonds. The molecule has 0 unspecified atom stereocenters. The third-order valence-corrected chi connectivity index (χ3v) is 2.97. The molecule has 1 N–H and O–H groups in total. The van der Waals surface area contributed by atoms with Gasteiger partial charge in [0.15, 0.2) is 5.96 Å². The van der Waals surface area contributed by atoms with Crippen LogP contribution in [0.3, 0.4) is 0 Å². The summed E-state index contributed by atoms with van der Waals surface area (Å²) in [6, 6.07) is 7.85. The van der Waals surface area contributed by atoms with Crippen LogP contribution in [0.1, 0.15) is 12.0 Å². The molecule has 5 heteroatoms. The number of hydrogen-bond donors (Lipinski definition) is 1. The van der Waals surface area contributed by atoms with Crippen molar-refractivity contribution >= 4 is 17.6 Å². The summed E-state index contributed by atoms with van der Waals surface area (Å²) in [4.78, 5) is 6.34. The number of guanidine groups is 1. The molecule has 1 aromatic carbocycles. The van der Waals surface area contributed by atoms with Crippen LogP contribution in [0.2, 0.25) is 5.02 Å². The summed E-state index contributed by atoms with van der Waals surface area (Å²) in [5.74, 6) is 0.881. The van der Waals surface area contributed by atoms with Gasteiger partial charge in [-0.2, -0.15) is 0 Å². The second-order valence-electron chi connectivity index (χ2n) is 4.30. The van der Waals surface area contributed by atoms with Gasteiger partial charge in [-0.1, -0.05) is 23.7 Å². The molecule has 0 aromatic heterocycles. The molecule has 1 aromatic rings. The zero-order chi connectivity index (χ0) is 14.1. The molecule has 0 spiro atoms. The van der Waals surface area contributed by atoms with E-state index < -0.39 is 0 Å². The van der Waals surface area contributed by atoms with Gasteiger partial charge < -0.3 is 15.0 Å². The minimum Gasteiger partial charge on any atom is -0.385 e. The van der Waals surface area contributed by atoms with Crippen molar-refractivity contribution in [1.82, 2.24) is 10.2 Å². The van der Waals surface area contributed by atoms with Gasteiger partial charge in [0.1, 0.15) is 0 Å². The van der Waals surface area contributed by atoms with E-state index in [1.807, 2.05) is 31.3 Å². The fourth-order valence-electron chi connectivity index (χ4n) is 1.74. The Kier molecular flexibility index (Phi) is 7.30. The lowest BCUT2D eigenvalue weighted by Crippen LogP contribution is -2.39. The van der Waals surface area contributed by atoms with E-state index >= 15 is 0 Å². The lowest BCUT2D eigenvalue weighted by atomic mass is 10.2. The Morgan fingerprint density at radius 3 is 2.63 bits per heavy atom. The van der Waals surface area contributed by atoms with Gasteiger partial charge in [0.2, 0.25) is 0 Å². The third kappa shape index (κ3) is 5.94. The third-order valence-electron chi connectivity index (χ3n) is 2.71. The summed E-state index contributed by atoms with van der Waals surface area (Å²) < 4.78 is 5.02. The highest BCUT2D eigenvalue weighted by Crippen LogP contribution is 2.10. The largest absolute Gasteiger partial charge is 0.385 e. The van der Waals surface area contributed by atoms with Gasteiger partial charge >= 0.3 is 0 Å². The fourth-order valence-corrected chi connectivity index (χ4v) is 1.87. The lowest BCUT2D eigenvalue weighted by molar-refractivity contribution is 0.195. The van der Waals surface area contributed by atoms with Crippen LogP contribution < -0.4 is 5.32 Å². The quantitative estimate of drug-likeness (QED) is 0.495. The topological polar surface area (TPSA) is 36.9 Å². The maximum atomic E-state index is 5.87. The van der Waals surface area contributed by atoms with E-state index in [0.29, 0.717) is 0 Å². The summed E-state index contributed by atoms with van der Waals surface area (Å²) in [6.45, 7) is 2.40. The van der Waals surface area contributed by atoms with Gasteiger partial charge in [-0.15, -0.1) is 0 Å². The molecule has 1 rings (SSSR count). The first-order valence-electron chi connectivity index (χ1n) is 6.32. The van der Waals surface area contributed by atoms with E-state index in [9.17, 15) is 0 Å². The molecule has 0 radical (unpaired) electrons. The average Bonchev–Trinajstić information content (AvgIpc) is 2.41. The summed E-state index contributed by atoms with van der Waals surface area (Å²) in [5, 5.41) is 4.06. The van der Waals surface area contributed by atoms with E-state index in [2.05, 4.69) is 15.2 Å². The van der Waals surface area contributed by atoms with Crippen LogP contribution in [-0.4, -0.2) is 45.2 Å². The predicted molar refractivity (Wildman–Crippen MR) is 80.8 cm³/mol. The maximum absolute atomic E-state index is 5.87. The van der Waals surface area contributed by atoms with E-state index in [-0.39, 0.29) is 0 Å². The Labute approximate surface area is 120 Å². The van der Waals surface area contributed by atoms with Crippen molar-refractivity contribution in [3.05, 3.63) is 34.9 Å². The number of aliphatic imine (C=N–C) groups is 1. The second kappa shape index (κ2) is 8.77. The van der Waals surface area contributed by atoms with E-state index in [1.165, 1.54) is 5.56 Å². The monoisotopic (exact) mass is 283 g/mol. The molecular formula is C14H22ClN3O. The van der Waals surface area contributed by atoms with Gasteiger partial charge in [-0.25, -0.2) is 0 Å². The van der Waals surface area contributed by atoms with Gasteiger partial charge in [0.25, 0.3) is 0 Å². The summed E-state index contributed by atoms with van der Waals surface area (Å²) in [7, 11) is 5.51. The highest BCUT2D eigenvalue weighted by Gasteiger charge is 2.05. The fraction of sp³-hybridized carbons (Fsp3) is 0.500. The molecular weight excluding hydrogens is 262 g/mol. The van der Waals surface area contributed by atoms with Crippen LogP contribution in [0.25, 0.3) is 0 Å². The molecule has 0 atom stereocenters. The van der Waals surface area contributed by atoms with Gasteiger partial charge in [-0.3, -0.25) is 4.99 Å². The minimum atomic E-state index is 0.755. The van der Waals surface area contributed by atoms with Crippen LogP contribution in [0.4, 0.5) is 0 Å². The first kappa shape index (κ1) is 15.8. The van der Waals surface area contributed by atoms with Crippen LogP contribution in [-0.2, 0) is 11.3 Å². The number of nitrogens with one attached hydrogen (secondary N) is 1. The number of halogens is 1. The molecule has 0 aliphatic rings. The first-order valence-corrected chi connectivity index (χ1v) is 6.70. The number of rotatable bonds is 6. The van der Waals surface area contributed by atoms with Crippen molar-refractivity contribution in [2.75, 3.05) is 34.4 Å².